The van der Waals surface area contributed by atoms with Gasteiger partial charge in [0.05, 0.1) is 0 Å². The van der Waals surface area contributed by atoms with Crippen molar-refractivity contribution in [3.8, 4) is 0 Å². The van der Waals surface area contributed by atoms with Crippen LogP contribution >= 0.6 is 24.4 Å². The van der Waals surface area contributed by atoms with Crippen LogP contribution in [0.3, 0.4) is 0 Å². The molecule has 0 atom stereocenters. The molecule has 1 aromatic carbocycles. The van der Waals surface area contributed by atoms with E-state index in [1.54, 1.807) is 0 Å². The van der Waals surface area contributed by atoms with Gasteiger partial charge >= 0.3 is 0 Å². The zero-order chi connectivity index (χ0) is 17.1. The number of benzene rings is 1. The Labute approximate surface area is 150 Å². The third kappa shape index (κ3) is 8.13. The van der Waals surface area contributed by atoms with Crippen LogP contribution in [0.15, 0.2) is 18.2 Å². The Morgan fingerprint density at radius 1 is 0.913 bits per heavy atom. The smallest absolute Gasteiger partial charge is 0.170 e. The minimum Gasteiger partial charge on any atom is -0.362 e. The van der Waals surface area contributed by atoms with Crippen LogP contribution in [0.4, 0.5) is 11.4 Å². The highest BCUT2D eigenvalue weighted by Gasteiger charge is 2.04. The van der Waals surface area contributed by atoms with Gasteiger partial charge in [0.25, 0.3) is 0 Å². The van der Waals surface area contributed by atoms with Crippen LogP contribution in [0, 0.1) is 6.92 Å². The van der Waals surface area contributed by atoms with Crippen LogP contribution in [-0.2, 0) is 0 Å². The highest BCUT2D eigenvalue weighted by molar-refractivity contribution is 7.80. The second-order valence-electron chi connectivity index (χ2n) is 5.50. The van der Waals surface area contributed by atoms with Gasteiger partial charge in [-0.15, -0.1) is 0 Å². The molecule has 23 heavy (non-hydrogen) atoms. The van der Waals surface area contributed by atoms with Gasteiger partial charge in [-0.3, -0.25) is 0 Å². The van der Waals surface area contributed by atoms with E-state index in [1.165, 1.54) is 0 Å². The monoisotopic (exact) mass is 352 g/mol. The van der Waals surface area contributed by atoms with Crippen molar-refractivity contribution >= 4 is 46.0 Å². The summed E-state index contributed by atoms with van der Waals surface area (Å²) in [6, 6.07) is 6.09. The van der Waals surface area contributed by atoms with E-state index >= 15 is 0 Å². The third-order valence-corrected chi connectivity index (χ3v) is 3.87. The predicted molar refractivity (Wildman–Crippen MR) is 109 cm³/mol. The molecule has 0 aliphatic carbocycles. The second kappa shape index (κ2) is 11.2. The third-order valence-electron chi connectivity index (χ3n) is 3.38. The fourth-order valence-electron chi connectivity index (χ4n) is 1.93. The van der Waals surface area contributed by atoms with E-state index in [-0.39, 0.29) is 0 Å². The lowest BCUT2D eigenvalue weighted by atomic mass is 10.2. The fraction of sp³-hybridized carbons (Fsp3) is 0.529. The zero-order valence-corrected chi connectivity index (χ0v) is 15.9. The van der Waals surface area contributed by atoms with Crippen molar-refractivity contribution in [3.05, 3.63) is 23.8 Å². The minimum absolute atomic E-state index is 0.650. The van der Waals surface area contributed by atoms with Gasteiger partial charge in [0.15, 0.2) is 10.2 Å². The van der Waals surface area contributed by atoms with Crippen LogP contribution in [0.25, 0.3) is 0 Å². The molecular formula is C17H28N4S2. The minimum atomic E-state index is 0.650. The Morgan fingerprint density at radius 3 is 2.04 bits per heavy atom. The van der Waals surface area contributed by atoms with Gasteiger partial charge in [0, 0.05) is 24.5 Å². The quantitative estimate of drug-likeness (QED) is 0.416. The van der Waals surface area contributed by atoms with Gasteiger partial charge < -0.3 is 21.3 Å². The highest BCUT2D eigenvalue weighted by Crippen LogP contribution is 2.20. The summed E-state index contributed by atoms with van der Waals surface area (Å²) in [5.74, 6) is 0. The molecule has 128 valence electrons. The first-order valence-electron chi connectivity index (χ1n) is 8.27. The van der Waals surface area contributed by atoms with E-state index in [4.69, 9.17) is 24.4 Å². The van der Waals surface area contributed by atoms with Crippen LogP contribution in [0.1, 0.15) is 45.1 Å². The Kier molecular flexibility index (Phi) is 9.55. The molecular weight excluding hydrogens is 324 g/mol. The molecule has 0 spiro atoms. The summed E-state index contributed by atoms with van der Waals surface area (Å²) < 4.78 is 0. The molecule has 0 fully saturated rings. The molecule has 4 N–H and O–H groups in total. The average Bonchev–Trinajstić information content (AvgIpc) is 2.51. The summed E-state index contributed by atoms with van der Waals surface area (Å²) in [6.45, 7) is 8.16. The summed E-state index contributed by atoms with van der Waals surface area (Å²) in [5, 5.41) is 14.2. The van der Waals surface area contributed by atoms with E-state index in [2.05, 4.69) is 42.0 Å². The van der Waals surface area contributed by atoms with Crippen molar-refractivity contribution in [2.24, 2.45) is 0 Å². The van der Waals surface area contributed by atoms with E-state index in [1.807, 2.05) is 18.2 Å². The molecule has 0 radical (unpaired) electrons. The number of thiocarbonyl (C=S) groups is 2. The van der Waals surface area contributed by atoms with Gasteiger partial charge in [-0.2, -0.15) is 0 Å². The largest absolute Gasteiger partial charge is 0.362 e. The van der Waals surface area contributed by atoms with Crippen molar-refractivity contribution in [1.82, 2.24) is 10.6 Å². The highest BCUT2D eigenvalue weighted by atomic mass is 32.1. The van der Waals surface area contributed by atoms with Gasteiger partial charge in [-0.25, -0.2) is 0 Å². The van der Waals surface area contributed by atoms with Gasteiger partial charge in [0.1, 0.15) is 0 Å². The van der Waals surface area contributed by atoms with Crippen molar-refractivity contribution in [3.63, 3.8) is 0 Å². The summed E-state index contributed by atoms with van der Waals surface area (Å²) in [7, 11) is 0. The fourth-order valence-corrected chi connectivity index (χ4v) is 2.37. The molecule has 1 rings (SSSR count). The van der Waals surface area contributed by atoms with Crippen molar-refractivity contribution in [1.29, 1.82) is 0 Å². The molecule has 0 aliphatic heterocycles. The molecule has 1 aromatic rings. The van der Waals surface area contributed by atoms with Crippen molar-refractivity contribution < 1.29 is 0 Å². The summed E-state index contributed by atoms with van der Waals surface area (Å²) in [4.78, 5) is 0. The maximum Gasteiger partial charge on any atom is 0.170 e. The Bertz CT molecular complexity index is 517. The van der Waals surface area contributed by atoms with E-state index in [9.17, 15) is 0 Å². The number of nitrogens with one attached hydrogen (secondary N) is 4. The maximum atomic E-state index is 5.33. The topological polar surface area (TPSA) is 48.1 Å². The SMILES string of the molecule is CCCCNC(=S)Nc1ccc(C)c(NC(=S)NCCCC)c1. The molecule has 0 aliphatic rings. The number of hydrogen-bond donors (Lipinski definition) is 4. The van der Waals surface area contributed by atoms with Crippen molar-refractivity contribution in [2.75, 3.05) is 23.7 Å². The first kappa shape index (κ1) is 19.6. The Morgan fingerprint density at radius 2 is 1.48 bits per heavy atom. The maximum absolute atomic E-state index is 5.33. The number of anilines is 2. The molecule has 4 nitrogen and oxygen atoms in total. The summed E-state index contributed by atoms with van der Waals surface area (Å²) >= 11 is 10.6. The van der Waals surface area contributed by atoms with Crippen LogP contribution in [0.2, 0.25) is 0 Å². The first-order chi connectivity index (χ1) is 11.1. The lowest BCUT2D eigenvalue weighted by Gasteiger charge is -2.15. The average molecular weight is 353 g/mol. The van der Waals surface area contributed by atoms with Crippen LogP contribution in [-0.4, -0.2) is 23.3 Å². The molecule has 0 aromatic heterocycles. The van der Waals surface area contributed by atoms with Gasteiger partial charge in [-0.1, -0.05) is 32.8 Å². The molecule has 0 heterocycles. The molecule has 0 bridgehead atoms. The van der Waals surface area contributed by atoms with E-state index in [0.29, 0.717) is 10.2 Å². The number of hydrogen-bond acceptors (Lipinski definition) is 2. The zero-order valence-electron chi connectivity index (χ0n) is 14.3. The van der Waals surface area contributed by atoms with Crippen LogP contribution < -0.4 is 21.3 Å². The van der Waals surface area contributed by atoms with Gasteiger partial charge in [-0.05, 0) is 61.9 Å². The van der Waals surface area contributed by atoms with Crippen molar-refractivity contribution in [2.45, 2.75) is 46.5 Å². The summed E-state index contributed by atoms with van der Waals surface area (Å²) in [5.41, 5.74) is 3.07. The number of unbranched alkanes of at least 4 members (excludes halogenated alkanes) is 2. The standard InChI is InChI=1S/C17H28N4S2/c1-4-6-10-18-16(22)20-14-9-8-13(3)15(12-14)21-17(23)19-11-7-5-2/h8-9,12H,4-7,10-11H2,1-3H3,(H2,18,20,22)(H2,19,21,23). The van der Waals surface area contributed by atoms with E-state index < -0.39 is 0 Å². The molecule has 0 saturated carbocycles. The Hall–Kier alpha value is -1.40. The van der Waals surface area contributed by atoms with Crippen LogP contribution in [0.5, 0.6) is 0 Å². The number of rotatable bonds is 8. The predicted octanol–water partition coefficient (Wildman–Crippen LogP) is 4.17. The summed E-state index contributed by atoms with van der Waals surface area (Å²) in [6.07, 6.45) is 4.52. The normalized spacial score (nSPS) is 10.0. The lowest BCUT2D eigenvalue weighted by Crippen LogP contribution is -2.30. The second-order valence-corrected chi connectivity index (χ2v) is 6.32. The first-order valence-corrected chi connectivity index (χ1v) is 9.08. The van der Waals surface area contributed by atoms with Gasteiger partial charge in [0.2, 0.25) is 0 Å². The molecule has 0 unspecified atom stereocenters. The Balaban J connectivity index is 2.57. The molecule has 0 saturated heterocycles. The molecule has 6 heteroatoms. The lowest BCUT2D eigenvalue weighted by molar-refractivity contribution is 0.758. The van der Waals surface area contributed by atoms with E-state index in [0.717, 1.165) is 55.7 Å². The number of aryl methyl sites for hydroxylation is 1. The molecule has 0 amide bonds.